The number of nitrogens with one attached hydrogen (secondary N) is 1. The van der Waals surface area contributed by atoms with Gasteiger partial charge < -0.3 is 4.98 Å². The van der Waals surface area contributed by atoms with E-state index in [1.807, 2.05) is 6.92 Å². The van der Waals surface area contributed by atoms with Crippen molar-refractivity contribution in [2.24, 2.45) is 0 Å². The molecule has 1 aromatic rings. The molecular formula is C4H7F6N2P. The van der Waals surface area contributed by atoms with E-state index in [2.05, 4.69) is 9.97 Å². The van der Waals surface area contributed by atoms with Crippen molar-refractivity contribution in [2.75, 3.05) is 0 Å². The molecule has 0 aliphatic heterocycles. The van der Waals surface area contributed by atoms with Gasteiger partial charge >= 0.3 is 34.4 Å². The smallest absolute Gasteiger partial charge is 1.00 e. The van der Waals surface area contributed by atoms with Crippen molar-refractivity contribution in [1.29, 1.82) is 0 Å². The minimum Gasteiger partial charge on any atom is 1.00 e. The third-order valence-corrected chi connectivity index (χ3v) is 0.635. The van der Waals surface area contributed by atoms with Gasteiger partial charge in [-0.3, -0.25) is 0 Å². The van der Waals surface area contributed by atoms with Crippen LogP contribution >= 0.6 is 7.81 Å². The molecular weight excluding hydrogens is 221 g/mol. The number of hydrogen-bond acceptors (Lipinski definition) is 1. The standard InChI is InChI=1S/C4H6N2.F6P/c1-4-5-2-3-6-4;1-7(2,3,4,5)6/h2-3H,1H3,(H,5,6);/q;-1/p+1. The summed E-state index contributed by atoms with van der Waals surface area (Å²) in [6, 6.07) is 0. The minimum absolute atomic E-state index is 0. The summed E-state index contributed by atoms with van der Waals surface area (Å²) in [5.41, 5.74) is 0. The zero-order valence-electron chi connectivity index (χ0n) is 7.32. The van der Waals surface area contributed by atoms with Crippen molar-refractivity contribution in [2.45, 2.75) is 6.92 Å². The van der Waals surface area contributed by atoms with E-state index in [1.54, 1.807) is 12.4 Å². The Labute approximate surface area is 70.7 Å². The molecule has 9 heteroatoms. The van der Waals surface area contributed by atoms with Crippen LogP contribution in [0.1, 0.15) is 7.25 Å². The number of imidazole rings is 1. The van der Waals surface area contributed by atoms with E-state index in [9.17, 15) is 25.2 Å². The molecule has 0 atom stereocenters. The molecule has 0 fully saturated rings. The third-order valence-electron chi connectivity index (χ3n) is 0.635. The molecule has 1 N–H and O–H groups in total. The van der Waals surface area contributed by atoms with Crippen LogP contribution in [-0.2, 0) is 0 Å². The molecule has 0 unspecified atom stereocenters. The van der Waals surface area contributed by atoms with Crippen LogP contribution in [0.2, 0.25) is 0 Å². The van der Waals surface area contributed by atoms with Crippen molar-refractivity contribution in [3.8, 4) is 0 Å². The Morgan fingerprint density at radius 3 is 1.69 bits per heavy atom. The zero-order chi connectivity index (χ0) is 10.8. The first kappa shape index (κ1) is 12.2. The molecule has 0 aliphatic carbocycles. The maximum Gasteiger partial charge on any atom is 1.00 e. The van der Waals surface area contributed by atoms with Crippen LogP contribution in [0.25, 0.3) is 0 Å². The van der Waals surface area contributed by atoms with Gasteiger partial charge in [-0.2, -0.15) is 0 Å². The molecule has 0 radical (unpaired) electrons. The van der Waals surface area contributed by atoms with E-state index in [0.717, 1.165) is 5.82 Å². The van der Waals surface area contributed by atoms with Gasteiger partial charge in [0.2, 0.25) is 0 Å². The fraction of sp³-hybridized carbons (Fsp3) is 0.250. The van der Waals surface area contributed by atoms with Crippen molar-refractivity contribution in [3.63, 3.8) is 0 Å². The number of hydrogen-bond donors (Lipinski definition) is 1. The van der Waals surface area contributed by atoms with Gasteiger partial charge in [0, 0.05) is 12.4 Å². The second kappa shape index (κ2) is 2.60. The molecule has 13 heavy (non-hydrogen) atoms. The predicted octanol–water partition coefficient (Wildman–Crippen LogP) is 4.21. The summed E-state index contributed by atoms with van der Waals surface area (Å²) in [7, 11) is -10.7. The number of aromatic amines is 1. The Hall–Kier alpha value is -0.780. The molecule has 0 spiro atoms. The molecule has 0 saturated carbocycles. The Morgan fingerprint density at radius 1 is 1.23 bits per heavy atom. The number of rotatable bonds is 0. The van der Waals surface area contributed by atoms with Crippen LogP contribution in [0.15, 0.2) is 12.4 Å². The first-order valence-electron chi connectivity index (χ1n) is 2.87. The summed E-state index contributed by atoms with van der Waals surface area (Å²) in [5.74, 6) is 0.968. The van der Waals surface area contributed by atoms with Crippen molar-refractivity contribution >= 4 is 7.81 Å². The van der Waals surface area contributed by atoms with E-state index in [-0.39, 0.29) is 1.43 Å². The Bertz CT molecular complexity index is 252. The monoisotopic (exact) mass is 228 g/mol. The number of halogens is 6. The average Bonchev–Trinajstić information content (AvgIpc) is 2.07. The van der Waals surface area contributed by atoms with E-state index < -0.39 is 7.81 Å². The SMILES string of the molecule is Cc1ncc[nH]1.F[P-](F)(F)(F)(F)F.[H+]. The largest absolute Gasteiger partial charge is 1.00 e. The van der Waals surface area contributed by atoms with Crippen molar-refractivity contribution in [3.05, 3.63) is 18.2 Å². The quantitative estimate of drug-likeness (QED) is 0.522. The van der Waals surface area contributed by atoms with Crippen LogP contribution in [-0.4, -0.2) is 9.97 Å². The topological polar surface area (TPSA) is 28.7 Å². The van der Waals surface area contributed by atoms with Gasteiger partial charge in [-0.1, -0.05) is 0 Å². The first-order chi connectivity index (χ1) is 5.34. The van der Waals surface area contributed by atoms with Crippen LogP contribution in [0.3, 0.4) is 0 Å². The molecule has 0 aliphatic rings. The normalized spacial score (nSPS) is 16.5. The van der Waals surface area contributed by atoms with Crippen LogP contribution in [0.4, 0.5) is 25.2 Å². The van der Waals surface area contributed by atoms with E-state index in [4.69, 9.17) is 0 Å². The second-order valence-electron chi connectivity index (χ2n) is 2.13. The van der Waals surface area contributed by atoms with Gasteiger partial charge in [-0.15, -0.1) is 0 Å². The van der Waals surface area contributed by atoms with E-state index in [0.29, 0.717) is 0 Å². The fourth-order valence-corrected chi connectivity index (χ4v) is 0.344. The van der Waals surface area contributed by atoms with Crippen LogP contribution < -0.4 is 0 Å². The summed E-state index contributed by atoms with van der Waals surface area (Å²) < 4.78 is 59.2. The van der Waals surface area contributed by atoms with Crippen LogP contribution in [0.5, 0.6) is 0 Å². The summed E-state index contributed by atoms with van der Waals surface area (Å²) in [5, 5.41) is 0. The van der Waals surface area contributed by atoms with Gasteiger partial charge in [0.25, 0.3) is 0 Å². The average molecular weight is 228 g/mol. The fourth-order valence-electron chi connectivity index (χ4n) is 0.344. The minimum atomic E-state index is -10.7. The molecule has 80 valence electrons. The second-order valence-corrected chi connectivity index (χ2v) is 4.05. The molecule has 1 rings (SSSR count). The van der Waals surface area contributed by atoms with Gasteiger partial charge in [0.05, 0.1) is 0 Å². The Morgan fingerprint density at radius 2 is 1.62 bits per heavy atom. The Kier molecular flexibility index (Phi) is 2.45. The molecule has 0 aromatic carbocycles. The molecule has 0 bridgehead atoms. The first-order valence-corrected chi connectivity index (χ1v) is 4.90. The molecule has 0 amide bonds. The summed E-state index contributed by atoms with van der Waals surface area (Å²) in [6.07, 6.45) is 3.53. The van der Waals surface area contributed by atoms with Crippen molar-refractivity contribution in [1.82, 2.24) is 9.97 Å². The predicted molar refractivity (Wildman–Crippen MR) is 38.0 cm³/mol. The Balaban J connectivity index is 0. The number of aromatic nitrogens is 2. The summed E-state index contributed by atoms with van der Waals surface area (Å²) in [6.45, 7) is 1.92. The van der Waals surface area contributed by atoms with Crippen molar-refractivity contribution < 1.29 is 26.6 Å². The van der Waals surface area contributed by atoms with E-state index >= 15 is 0 Å². The zero-order valence-corrected chi connectivity index (χ0v) is 7.21. The van der Waals surface area contributed by atoms with Gasteiger partial charge in [0.15, 0.2) is 0 Å². The molecule has 1 aromatic heterocycles. The van der Waals surface area contributed by atoms with Gasteiger partial charge in [0.1, 0.15) is 5.82 Å². The van der Waals surface area contributed by atoms with Gasteiger partial charge in [-0.25, -0.2) is 4.98 Å². The van der Waals surface area contributed by atoms with E-state index in [1.165, 1.54) is 0 Å². The summed E-state index contributed by atoms with van der Waals surface area (Å²) >= 11 is 0. The molecule has 2 nitrogen and oxygen atoms in total. The molecule has 0 saturated heterocycles. The number of H-pyrrole nitrogens is 1. The maximum absolute atomic E-state index is 10.7. The van der Waals surface area contributed by atoms with Crippen LogP contribution in [0, 0.1) is 6.92 Å². The molecule has 1 heterocycles. The summed E-state index contributed by atoms with van der Waals surface area (Å²) in [4.78, 5) is 6.75. The number of nitrogens with zero attached hydrogens (tertiary/aromatic N) is 1. The maximum atomic E-state index is 9.87. The van der Waals surface area contributed by atoms with Gasteiger partial charge in [-0.05, 0) is 6.92 Å². The number of aryl methyl sites for hydroxylation is 1. The third kappa shape index (κ3) is 24.7.